The minimum Gasteiger partial charge on any atom is -0.493 e. The lowest BCUT2D eigenvalue weighted by molar-refractivity contribution is 0.0950. The van der Waals surface area contributed by atoms with Crippen LogP contribution in [0, 0.1) is 0 Å². The number of hydrogen-bond donors (Lipinski definition) is 1. The molecule has 0 fully saturated rings. The molecule has 8 heteroatoms. The zero-order chi connectivity index (χ0) is 19.9. The van der Waals surface area contributed by atoms with Crippen LogP contribution in [0.2, 0.25) is 0 Å². The Hall–Kier alpha value is -2.87. The molecule has 0 aliphatic heterocycles. The topological polar surface area (TPSA) is 78.3 Å². The van der Waals surface area contributed by atoms with Crippen LogP contribution in [0.25, 0.3) is 0 Å². The van der Waals surface area contributed by atoms with Crippen LogP contribution < -0.4 is 14.8 Å². The highest BCUT2D eigenvalue weighted by atomic mass is 79.9. The molecule has 0 aliphatic rings. The third-order valence-corrected chi connectivity index (χ3v) is 4.62. The number of ether oxygens (including phenoxy) is 2. The number of hydrogen-bond acceptors (Lipinski definition) is 5. The van der Waals surface area contributed by atoms with Crippen LogP contribution in [0.3, 0.4) is 0 Å². The van der Waals surface area contributed by atoms with Gasteiger partial charge in [-0.05, 0) is 46.1 Å². The number of carbonyl (C=O) groups excluding carboxylic acids is 1. The Kier molecular flexibility index (Phi) is 6.65. The number of methoxy groups -OCH3 is 1. The molecule has 0 spiro atoms. The Morgan fingerprint density at radius 3 is 2.79 bits per heavy atom. The van der Waals surface area contributed by atoms with Crippen molar-refractivity contribution in [2.75, 3.05) is 13.7 Å². The van der Waals surface area contributed by atoms with E-state index in [-0.39, 0.29) is 5.91 Å². The van der Waals surface area contributed by atoms with E-state index in [1.807, 2.05) is 31.2 Å². The second-order valence-corrected chi connectivity index (χ2v) is 6.87. The number of halogens is 1. The number of amides is 1. The summed E-state index contributed by atoms with van der Waals surface area (Å²) in [7, 11) is 1.55. The van der Waals surface area contributed by atoms with Gasteiger partial charge in [-0.25, -0.2) is 9.67 Å². The molecule has 1 N–H and O–H groups in total. The van der Waals surface area contributed by atoms with Gasteiger partial charge >= 0.3 is 0 Å². The average molecular weight is 445 g/mol. The maximum absolute atomic E-state index is 12.6. The van der Waals surface area contributed by atoms with Crippen molar-refractivity contribution in [3.05, 3.63) is 70.2 Å². The van der Waals surface area contributed by atoms with E-state index >= 15 is 0 Å². The summed E-state index contributed by atoms with van der Waals surface area (Å²) in [6.07, 6.45) is 3.18. The van der Waals surface area contributed by atoms with E-state index in [1.165, 1.54) is 6.33 Å². The van der Waals surface area contributed by atoms with Gasteiger partial charge in [0.05, 0.1) is 24.7 Å². The first kappa shape index (κ1) is 19.9. The molecule has 0 unspecified atom stereocenters. The minimum absolute atomic E-state index is 0.191. The first-order chi connectivity index (χ1) is 13.6. The molecule has 0 saturated carbocycles. The quantitative estimate of drug-likeness (QED) is 0.575. The molecule has 1 heterocycles. The van der Waals surface area contributed by atoms with Gasteiger partial charge < -0.3 is 14.8 Å². The molecular formula is C20H21BrN4O3. The van der Waals surface area contributed by atoms with Gasteiger partial charge in [0.1, 0.15) is 12.7 Å². The molecule has 28 heavy (non-hydrogen) atoms. The summed E-state index contributed by atoms with van der Waals surface area (Å²) in [5.41, 5.74) is 2.58. The Morgan fingerprint density at radius 2 is 2.07 bits per heavy atom. The Bertz CT molecular complexity index is 945. The van der Waals surface area contributed by atoms with Gasteiger partial charge in [-0.3, -0.25) is 4.79 Å². The summed E-state index contributed by atoms with van der Waals surface area (Å²) in [5, 5.41) is 7.05. The van der Waals surface area contributed by atoms with E-state index in [0.29, 0.717) is 41.2 Å². The van der Waals surface area contributed by atoms with Gasteiger partial charge in [0.25, 0.3) is 5.91 Å². The fraction of sp³-hybridized carbons (Fsp3) is 0.250. The summed E-state index contributed by atoms with van der Waals surface area (Å²) < 4.78 is 13.3. The summed E-state index contributed by atoms with van der Waals surface area (Å²) in [4.78, 5) is 16.5. The average Bonchev–Trinajstić information content (AvgIpc) is 3.21. The van der Waals surface area contributed by atoms with Gasteiger partial charge in [0.15, 0.2) is 11.5 Å². The normalized spacial score (nSPS) is 10.5. The highest BCUT2D eigenvalue weighted by molar-refractivity contribution is 9.10. The highest BCUT2D eigenvalue weighted by Gasteiger charge is 2.15. The van der Waals surface area contributed by atoms with Gasteiger partial charge in [-0.15, -0.1) is 0 Å². The third kappa shape index (κ3) is 4.89. The molecule has 146 valence electrons. The van der Waals surface area contributed by atoms with Gasteiger partial charge in [-0.1, -0.05) is 24.3 Å². The number of rotatable bonds is 8. The van der Waals surface area contributed by atoms with Crippen LogP contribution in [-0.4, -0.2) is 34.4 Å². The second kappa shape index (κ2) is 9.36. The van der Waals surface area contributed by atoms with Crippen LogP contribution in [-0.2, 0) is 13.1 Å². The molecule has 0 bridgehead atoms. The standard InChI is InChI=1S/C20H21BrN4O3/c1-3-28-19-17(21)8-16(9-18(19)27-2)20(26)23-10-14-5-4-6-15(7-14)11-25-13-22-12-24-25/h4-9,12-13H,3,10-11H2,1-2H3,(H,23,26). The molecule has 2 aromatic carbocycles. The minimum atomic E-state index is -0.191. The van der Waals surface area contributed by atoms with E-state index in [4.69, 9.17) is 9.47 Å². The van der Waals surface area contributed by atoms with Crippen LogP contribution in [0.15, 0.2) is 53.5 Å². The van der Waals surface area contributed by atoms with E-state index in [9.17, 15) is 4.79 Å². The molecule has 0 saturated heterocycles. The summed E-state index contributed by atoms with van der Waals surface area (Å²) in [6.45, 7) is 3.44. The molecule has 0 aliphatic carbocycles. The largest absolute Gasteiger partial charge is 0.493 e. The van der Waals surface area contributed by atoms with Crippen molar-refractivity contribution < 1.29 is 14.3 Å². The summed E-state index contributed by atoms with van der Waals surface area (Å²) in [5.74, 6) is 0.905. The number of aromatic nitrogens is 3. The number of carbonyl (C=O) groups is 1. The Labute approximate surface area is 171 Å². The van der Waals surface area contributed by atoms with Crippen molar-refractivity contribution in [3.8, 4) is 11.5 Å². The van der Waals surface area contributed by atoms with Crippen LogP contribution in [0.5, 0.6) is 11.5 Å². The predicted octanol–water partition coefficient (Wildman–Crippen LogP) is 3.43. The SMILES string of the molecule is CCOc1c(Br)cc(C(=O)NCc2cccc(Cn3cncn3)c2)cc1OC. The number of benzene rings is 2. The maximum Gasteiger partial charge on any atom is 0.251 e. The molecule has 3 rings (SSSR count). The van der Waals surface area contributed by atoms with E-state index in [2.05, 4.69) is 31.3 Å². The lowest BCUT2D eigenvalue weighted by Crippen LogP contribution is -2.23. The van der Waals surface area contributed by atoms with E-state index in [0.717, 1.165) is 11.1 Å². The first-order valence-electron chi connectivity index (χ1n) is 8.79. The van der Waals surface area contributed by atoms with Crippen molar-refractivity contribution >= 4 is 21.8 Å². The molecular weight excluding hydrogens is 424 g/mol. The van der Waals surface area contributed by atoms with Crippen LogP contribution in [0.1, 0.15) is 28.4 Å². The fourth-order valence-corrected chi connectivity index (χ4v) is 3.32. The molecule has 1 aromatic heterocycles. The molecule has 3 aromatic rings. The Morgan fingerprint density at radius 1 is 1.25 bits per heavy atom. The highest BCUT2D eigenvalue weighted by Crippen LogP contribution is 2.36. The lowest BCUT2D eigenvalue weighted by Gasteiger charge is -2.13. The molecule has 7 nitrogen and oxygen atoms in total. The monoisotopic (exact) mass is 444 g/mol. The number of nitrogens with zero attached hydrogens (tertiary/aromatic N) is 3. The van der Waals surface area contributed by atoms with Crippen molar-refractivity contribution in [1.29, 1.82) is 0 Å². The van der Waals surface area contributed by atoms with E-state index < -0.39 is 0 Å². The second-order valence-electron chi connectivity index (χ2n) is 6.02. The molecule has 1 amide bonds. The Balaban J connectivity index is 1.68. The summed E-state index contributed by atoms with van der Waals surface area (Å²) >= 11 is 3.44. The third-order valence-electron chi connectivity index (χ3n) is 4.04. The van der Waals surface area contributed by atoms with Crippen molar-refractivity contribution in [2.24, 2.45) is 0 Å². The zero-order valence-electron chi connectivity index (χ0n) is 15.7. The predicted molar refractivity (Wildman–Crippen MR) is 109 cm³/mol. The lowest BCUT2D eigenvalue weighted by atomic mass is 10.1. The van der Waals surface area contributed by atoms with Gasteiger partial charge in [0.2, 0.25) is 0 Å². The van der Waals surface area contributed by atoms with Gasteiger partial charge in [0, 0.05) is 12.1 Å². The van der Waals surface area contributed by atoms with Crippen molar-refractivity contribution in [1.82, 2.24) is 20.1 Å². The first-order valence-corrected chi connectivity index (χ1v) is 9.58. The van der Waals surface area contributed by atoms with Crippen LogP contribution in [0.4, 0.5) is 0 Å². The van der Waals surface area contributed by atoms with E-state index in [1.54, 1.807) is 30.3 Å². The molecule has 0 atom stereocenters. The molecule has 0 radical (unpaired) electrons. The smallest absolute Gasteiger partial charge is 0.251 e. The zero-order valence-corrected chi connectivity index (χ0v) is 17.3. The number of nitrogens with one attached hydrogen (secondary N) is 1. The maximum atomic E-state index is 12.6. The van der Waals surface area contributed by atoms with Crippen molar-refractivity contribution in [3.63, 3.8) is 0 Å². The van der Waals surface area contributed by atoms with Crippen LogP contribution >= 0.6 is 15.9 Å². The van der Waals surface area contributed by atoms with Crippen molar-refractivity contribution in [2.45, 2.75) is 20.0 Å². The van der Waals surface area contributed by atoms with Gasteiger partial charge in [-0.2, -0.15) is 5.10 Å². The summed E-state index contributed by atoms with van der Waals surface area (Å²) in [6, 6.07) is 11.4. The fourth-order valence-electron chi connectivity index (χ4n) is 2.76.